The number of rotatable bonds is 0. The first-order chi connectivity index (χ1) is 9.59. The van der Waals surface area contributed by atoms with Crippen molar-refractivity contribution in [3.63, 3.8) is 0 Å². The molecular formula is C19H28O. The number of hydrogen-bond acceptors (Lipinski definition) is 1. The molecule has 20 heavy (non-hydrogen) atoms. The zero-order valence-electron chi connectivity index (χ0n) is 13.0. The highest BCUT2D eigenvalue weighted by Crippen LogP contribution is 2.63. The Bertz CT molecular complexity index is 451. The van der Waals surface area contributed by atoms with E-state index in [0.717, 1.165) is 36.0 Å². The number of hydrogen-bond donors (Lipinski definition) is 0. The van der Waals surface area contributed by atoms with Crippen LogP contribution in [0.15, 0.2) is 12.2 Å². The number of carbonyl (C=O) groups excluding carboxylic acids is 1. The van der Waals surface area contributed by atoms with Gasteiger partial charge in [-0.3, -0.25) is 4.79 Å². The van der Waals surface area contributed by atoms with Crippen molar-refractivity contribution in [1.82, 2.24) is 0 Å². The fourth-order valence-corrected chi connectivity index (χ4v) is 6.50. The highest BCUT2D eigenvalue weighted by atomic mass is 16.1. The van der Waals surface area contributed by atoms with Crippen LogP contribution in [0.5, 0.6) is 0 Å². The number of fused-ring (bicyclic) bond motifs is 5. The van der Waals surface area contributed by atoms with Gasteiger partial charge in [-0.1, -0.05) is 19.9 Å². The Labute approximate surface area is 123 Å². The van der Waals surface area contributed by atoms with Gasteiger partial charge in [-0.25, -0.2) is 0 Å². The van der Waals surface area contributed by atoms with Crippen molar-refractivity contribution in [1.29, 1.82) is 0 Å². The summed E-state index contributed by atoms with van der Waals surface area (Å²) < 4.78 is 0. The summed E-state index contributed by atoms with van der Waals surface area (Å²) >= 11 is 0. The van der Waals surface area contributed by atoms with Crippen molar-refractivity contribution in [3.8, 4) is 0 Å². The summed E-state index contributed by atoms with van der Waals surface area (Å²) in [4.78, 5) is 11.7. The first kappa shape index (κ1) is 13.1. The van der Waals surface area contributed by atoms with Crippen molar-refractivity contribution in [2.75, 3.05) is 0 Å². The molecule has 0 aromatic heterocycles. The van der Waals surface area contributed by atoms with Gasteiger partial charge in [-0.05, 0) is 85.5 Å². The summed E-state index contributed by atoms with van der Waals surface area (Å²) in [6.07, 6.45) is 13.5. The van der Waals surface area contributed by atoms with Crippen molar-refractivity contribution in [2.24, 2.45) is 40.9 Å². The molecule has 0 aromatic rings. The Balaban J connectivity index is 1.62. The maximum Gasteiger partial charge on any atom is 0.155 e. The smallest absolute Gasteiger partial charge is 0.155 e. The second kappa shape index (κ2) is 4.45. The zero-order chi connectivity index (χ0) is 13.9. The molecule has 1 nitrogen and oxygen atoms in total. The largest absolute Gasteiger partial charge is 0.295 e. The highest BCUT2D eigenvalue weighted by molar-refractivity contribution is 5.90. The van der Waals surface area contributed by atoms with Crippen molar-refractivity contribution in [3.05, 3.63) is 12.2 Å². The first-order valence-corrected chi connectivity index (χ1v) is 8.80. The summed E-state index contributed by atoms with van der Waals surface area (Å²) in [5.41, 5.74) is 0.627. The molecule has 0 aromatic carbocycles. The third-order valence-corrected chi connectivity index (χ3v) is 7.84. The van der Waals surface area contributed by atoms with Gasteiger partial charge in [0, 0.05) is 6.42 Å². The molecule has 0 radical (unpaired) electrons. The normalized spacial score (nSPS) is 54.2. The summed E-state index contributed by atoms with van der Waals surface area (Å²) in [7, 11) is 0. The molecule has 7 unspecified atom stereocenters. The summed E-state index contributed by atoms with van der Waals surface area (Å²) in [5, 5.41) is 0. The van der Waals surface area contributed by atoms with Gasteiger partial charge in [0.2, 0.25) is 0 Å². The van der Waals surface area contributed by atoms with Crippen LogP contribution in [0.2, 0.25) is 0 Å². The van der Waals surface area contributed by atoms with Crippen LogP contribution in [-0.4, -0.2) is 5.78 Å². The maximum absolute atomic E-state index is 11.7. The van der Waals surface area contributed by atoms with Crippen LogP contribution in [0, 0.1) is 40.9 Å². The van der Waals surface area contributed by atoms with Crippen LogP contribution < -0.4 is 0 Å². The maximum atomic E-state index is 11.7. The number of carbonyl (C=O) groups is 1. The minimum Gasteiger partial charge on any atom is -0.295 e. The van der Waals surface area contributed by atoms with E-state index in [4.69, 9.17) is 0 Å². The molecule has 0 saturated heterocycles. The Morgan fingerprint density at radius 1 is 1.10 bits per heavy atom. The van der Waals surface area contributed by atoms with Crippen LogP contribution in [0.1, 0.15) is 58.8 Å². The molecule has 7 atom stereocenters. The van der Waals surface area contributed by atoms with E-state index in [-0.39, 0.29) is 0 Å². The van der Waals surface area contributed by atoms with E-state index in [2.05, 4.69) is 19.9 Å². The van der Waals surface area contributed by atoms with E-state index in [0.29, 0.717) is 17.1 Å². The minimum atomic E-state index is 0.375. The molecule has 0 heterocycles. The molecule has 1 heteroatoms. The third-order valence-electron chi connectivity index (χ3n) is 7.84. The minimum absolute atomic E-state index is 0.375. The molecule has 3 fully saturated rings. The number of allylic oxidation sites excluding steroid dienone is 2. The molecule has 0 spiro atoms. The standard InChI is InChI=1S/C19H28O/c1-12-3-8-18-17-6-4-13-11-14(20)5-7-15(13)16(17)9-10-19(12,18)2/h5,7,12-13,15-18H,3-4,6,8-11H2,1-2H3. The molecule has 4 aliphatic carbocycles. The van der Waals surface area contributed by atoms with Crippen LogP contribution in [-0.2, 0) is 4.79 Å². The van der Waals surface area contributed by atoms with Crippen molar-refractivity contribution >= 4 is 5.78 Å². The quantitative estimate of drug-likeness (QED) is 0.629. The number of ketones is 1. The monoisotopic (exact) mass is 272 g/mol. The van der Waals surface area contributed by atoms with E-state index < -0.39 is 0 Å². The van der Waals surface area contributed by atoms with Gasteiger partial charge in [0.15, 0.2) is 5.78 Å². The molecule has 0 N–H and O–H groups in total. The molecule has 0 amide bonds. The van der Waals surface area contributed by atoms with Gasteiger partial charge in [0.25, 0.3) is 0 Å². The molecule has 3 saturated carbocycles. The van der Waals surface area contributed by atoms with Gasteiger partial charge >= 0.3 is 0 Å². The van der Waals surface area contributed by atoms with Gasteiger partial charge in [0.1, 0.15) is 0 Å². The third kappa shape index (κ3) is 1.71. The summed E-state index contributed by atoms with van der Waals surface area (Å²) in [5.74, 6) is 5.53. The van der Waals surface area contributed by atoms with Gasteiger partial charge in [0.05, 0.1) is 0 Å². The fraction of sp³-hybridized carbons (Fsp3) is 0.842. The lowest BCUT2D eigenvalue weighted by Crippen LogP contribution is -2.47. The van der Waals surface area contributed by atoms with Crippen molar-refractivity contribution in [2.45, 2.75) is 58.8 Å². The van der Waals surface area contributed by atoms with Crippen LogP contribution >= 0.6 is 0 Å². The average molecular weight is 272 g/mol. The topological polar surface area (TPSA) is 17.1 Å². The van der Waals surface area contributed by atoms with E-state index in [1.165, 1.54) is 38.5 Å². The van der Waals surface area contributed by atoms with Crippen molar-refractivity contribution < 1.29 is 4.79 Å². The summed E-state index contributed by atoms with van der Waals surface area (Å²) in [6, 6.07) is 0. The summed E-state index contributed by atoms with van der Waals surface area (Å²) in [6.45, 7) is 5.07. The zero-order valence-corrected chi connectivity index (χ0v) is 13.0. The molecule has 0 bridgehead atoms. The molecule has 4 rings (SSSR count). The predicted octanol–water partition coefficient (Wildman–Crippen LogP) is 4.62. The Hall–Kier alpha value is -0.590. The van der Waals surface area contributed by atoms with E-state index in [1.807, 2.05) is 6.08 Å². The Morgan fingerprint density at radius 3 is 2.80 bits per heavy atom. The molecule has 0 aliphatic heterocycles. The lowest BCUT2D eigenvalue weighted by atomic mass is 9.50. The lowest BCUT2D eigenvalue weighted by Gasteiger charge is -2.54. The van der Waals surface area contributed by atoms with Crippen LogP contribution in [0.25, 0.3) is 0 Å². The Kier molecular flexibility index (Phi) is 2.91. The van der Waals surface area contributed by atoms with Gasteiger partial charge < -0.3 is 0 Å². The molecule has 110 valence electrons. The second-order valence-corrected chi connectivity index (χ2v) is 8.40. The van der Waals surface area contributed by atoms with E-state index in [1.54, 1.807) is 0 Å². The predicted molar refractivity (Wildman–Crippen MR) is 81.2 cm³/mol. The molecular weight excluding hydrogens is 244 g/mol. The van der Waals surface area contributed by atoms with Gasteiger partial charge in [-0.2, -0.15) is 0 Å². The lowest BCUT2D eigenvalue weighted by molar-refractivity contribution is -0.118. The second-order valence-electron chi connectivity index (χ2n) is 8.40. The van der Waals surface area contributed by atoms with E-state index in [9.17, 15) is 4.79 Å². The highest BCUT2D eigenvalue weighted by Gasteiger charge is 2.55. The van der Waals surface area contributed by atoms with E-state index >= 15 is 0 Å². The SMILES string of the molecule is CC1CCC2C3CCC4CC(=O)C=CC4C3CCC12C. The Morgan fingerprint density at radius 2 is 1.95 bits per heavy atom. The first-order valence-electron chi connectivity index (χ1n) is 8.80. The average Bonchev–Trinajstić information content (AvgIpc) is 2.74. The fourth-order valence-electron chi connectivity index (χ4n) is 6.50. The molecule has 4 aliphatic rings. The van der Waals surface area contributed by atoms with Gasteiger partial charge in [-0.15, -0.1) is 0 Å². The van der Waals surface area contributed by atoms with Crippen LogP contribution in [0.4, 0.5) is 0 Å². The van der Waals surface area contributed by atoms with Crippen LogP contribution in [0.3, 0.4) is 0 Å².